The van der Waals surface area contributed by atoms with Gasteiger partial charge < -0.3 is 10.4 Å². The zero-order valence-corrected chi connectivity index (χ0v) is 12.3. The van der Waals surface area contributed by atoms with Crippen molar-refractivity contribution >= 4 is 0 Å². The van der Waals surface area contributed by atoms with E-state index in [0.717, 1.165) is 38.3 Å². The Labute approximate surface area is 115 Å². The average molecular weight is 266 g/mol. The molecule has 5 heteroatoms. The van der Waals surface area contributed by atoms with Gasteiger partial charge in [0.2, 0.25) is 0 Å². The zero-order valence-electron chi connectivity index (χ0n) is 12.3. The molecule has 0 spiro atoms. The fraction of sp³-hybridized carbons (Fsp3) is 0.857. The molecular weight excluding hydrogens is 240 g/mol. The van der Waals surface area contributed by atoms with Gasteiger partial charge in [0, 0.05) is 25.4 Å². The van der Waals surface area contributed by atoms with Crippen molar-refractivity contribution in [1.82, 2.24) is 20.1 Å². The Kier molecular flexibility index (Phi) is 4.58. The minimum Gasteiger partial charge on any atom is -0.389 e. The van der Waals surface area contributed by atoms with Crippen molar-refractivity contribution in [3.8, 4) is 0 Å². The highest BCUT2D eigenvalue weighted by atomic mass is 16.3. The monoisotopic (exact) mass is 266 g/mol. The summed E-state index contributed by atoms with van der Waals surface area (Å²) in [5, 5.41) is 18.6. The highest BCUT2D eigenvalue weighted by Crippen LogP contribution is 2.30. The lowest BCUT2D eigenvalue weighted by molar-refractivity contribution is -0.0436. The SMILES string of the molecule is CCC1CNCCC1(O)Cc1ncnn1CC(C)C. The maximum Gasteiger partial charge on any atom is 0.138 e. The van der Waals surface area contributed by atoms with Gasteiger partial charge in [-0.3, -0.25) is 0 Å². The summed E-state index contributed by atoms with van der Waals surface area (Å²) >= 11 is 0. The quantitative estimate of drug-likeness (QED) is 0.841. The molecule has 0 saturated carbocycles. The lowest BCUT2D eigenvalue weighted by Gasteiger charge is -2.40. The van der Waals surface area contributed by atoms with Crippen LogP contribution in [0.25, 0.3) is 0 Å². The minimum absolute atomic E-state index is 0.297. The Hall–Kier alpha value is -0.940. The van der Waals surface area contributed by atoms with Crippen LogP contribution in [0.3, 0.4) is 0 Å². The van der Waals surface area contributed by atoms with E-state index in [1.54, 1.807) is 6.33 Å². The van der Waals surface area contributed by atoms with E-state index >= 15 is 0 Å². The molecule has 2 unspecified atom stereocenters. The van der Waals surface area contributed by atoms with Crippen LogP contribution < -0.4 is 5.32 Å². The van der Waals surface area contributed by atoms with E-state index in [9.17, 15) is 5.11 Å². The molecule has 1 aliphatic rings. The van der Waals surface area contributed by atoms with Gasteiger partial charge in [-0.15, -0.1) is 0 Å². The van der Waals surface area contributed by atoms with E-state index in [0.29, 0.717) is 18.3 Å². The molecule has 0 radical (unpaired) electrons. The van der Waals surface area contributed by atoms with Gasteiger partial charge >= 0.3 is 0 Å². The van der Waals surface area contributed by atoms with Gasteiger partial charge in [0.05, 0.1) is 5.60 Å². The molecule has 0 bridgehead atoms. The molecule has 2 atom stereocenters. The maximum absolute atomic E-state index is 10.9. The molecule has 1 aromatic heterocycles. The van der Waals surface area contributed by atoms with Gasteiger partial charge in [-0.25, -0.2) is 9.67 Å². The molecule has 1 fully saturated rings. The van der Waals surface area contributed by atoms with Gasteiger partial charge in [-0.05, 0) is 25.3 Å². The lowest BCUT2D eigenvalue weighted by Crippen LogP contribution is -2.51. The number of piperidine rings is 1. The summed E-state index contributed by atoms with van der Waals surface area (Å²) in [5.41, 5.74) is -0.637. The van der Waals surface area contributed by atoms with Crippen molar-refractivity contribution in [2.24, 2.45) is 11.8 Å². The standard InChI is InChI=1S/C14H26N4O/c1-4-12-8-15-6-5-14(12,19)7-13-16-10-17-18(13)9-11(2)3/h10-12,15,19H,4-9H2,1-3H3. The number of hydrogen-bond donors (Lipinski definition) is 2. The van der Waals surface area contributed by atoms with E-state index in [1.165, 1.54) is 0 Å². The first kappa shape index (κ1) is 14.5. The fourth-order valence-electron chi connectivity index (χ4n) is 2.93. The first-order valence-electron chi connectivity index (χ1n) is 7.35. The number of aromatic nitrogens is 3. The second-order valence-corrected chi connectivity index (χ2v) is 6.09. The van der Waals surface area contributed by atoms with Gasteiger partial charge in [-0.2, -0.15) is 5.10 Å². The summed E-state index contributed by atoms with van der Waals surface area (Å²) < 4.78 is 1.94. The molecule has 2 rings (SSSR count). The molecule has 1 aliphatic heterocycles. The highest BCUT2D eigenvalue weighted by Gasteiger charge is 2.39. The summed E-state index contributed by atoms with van der Waals surface area (Å²) in [4.78, 5) is 4.35. The Balaban J connectivity index is 2.12. The molecule has 0 aliphatic carbocycles. The number of nitrogens with zero attached hydrogens (tertiary/aromatic N) is 3. The second-order valence-electron chi connectivity index (χ2n) is 6.09. The van der Waals surface area contributed by atoms with Gasteiger partial charge in [-0.1, -0.05) is 20.8 Å². The van der Waals surface area contributed by atoms with Gasteiger partial charge in [0.1, 0.15) is 12.2 Å². The highest BCUT2D eigenvalue weighted by molar-refractivity contribution is 5.00. The predicted molar refractivity (Wildman–Crippen MR) is 74.8 cm³/mol. The first-order chi connectivity index (χ1) is 9.05. The second kappa shape index (κ2) is 6.01. The molecule has 5 nitrogen and oxygen atoms in total. The topological polar surface area (TPSA) is 63.0 Å². The van der Waals surface area contributed by atoms with Crippen LogP contribution in [-0.4, -0.2) is 38.6 Å². The average Bonchev–Trinajstić information content (AvgIpc) is 2.76. The van der Waals surface area contributed by atoms with Crippen LogP contribution in [-0.2, 0) is 13.0 Å². The summed E-state index contributed by atoms with van der Waals surface area (Å²) in [5.74, 6) is 1.74. The summed E-state index contributed by atoms with van der Waals surface area (Å²) in [6.45, 7) is 9.11. The van der Waals surface area contributed by atoms with Crippen LogP contribution in [0.2, 0.25) is 0 Å². The zero-order chi connectivity index (χ0) is 13.9. The van der Waals surface area contributed by atoms with Crippen molar-refractivity contribution in [2.45, 2.75) is 52.2 Å². The van der Waals surface area contributed by atoms with Crippen molar-refractivity contribution in [3.05, 3.63) is 12.2 Å². The molecule has 1 aromatic rings. The van der Waals surface area contributed by atoms with Gasteiger partial charge in [0.15, 0.2) is 0 Å². The van der Waals surface area contributed by atoms with E-state index in [2.05, 4.69) is 36.2 Å². The molecular formula is C14H26N4O. The summed E-state index contributed by atoms with van der Waals surface area (Å²) in [6.07, 6.45) is 3.99. The fourth-order valence-corrected chi connectivity index (χ4v) is 2.93. The molecule has 2 heterocycles. The Morgan fingerprint density at radius 1 is 1.58 bits per heavy atom. The van der Waals surface area contributed by atoms with Crippen LogP contribution in [0.1, 0.15) is 39.4 Å². The van der Waals surface area contributed by atoms with Crippen molar-refractivity contribution in [3.63, 3.8) is 0 Å². The van der Waals surface area contributed by atoms with Gasteiger partial charge in [0.25, 0.3) is 0 Å². The Bertz CT molecular complexity index is 404. The molecule has 0 amide bonds. The molecule has 0 aromatic carbocycles. The lowest BCUT2D eigenvalue weighted by atomic mass is 9.77. The van der Waals surface area contributed by atoms with Crippen molar-refractivity contribution in [1.29, 1.82) is 0 Å². The van der Waals surface area contributed by atoms with E-state index in [1.807, 2.05) is 4.68 Å². The third-order valence-electron chi connectivity index (χ3n) is 4.08. The van der Waals surface area contributed by atoms with E-state index < -0.39 is 5.60 Å². The Morgan fingerprint density at radius 3 is 3.05 bits per heavy atom. The third kappa shape index (κ3) is 3.34. The molecule has 19 heavy (non-hydrogen) atoms. The predicted octanol–water partition coefficient (Wildman–Crippen LogP) is 1.23. The molecule has 2 N–H and O–H groups in total. The third-order valence-corrected chi connectivity index (χ3v) is 4.08. The van der Waals surface area contributed by atoms with E-state index in [-0.39, 0.29) is 0 Å². The van der Waals surface area contributed by atoms with Crippen LogP contribution in [0.15, 0.2) is 6.33 Å². The number of rotatable bonds is 5. The van der Waals surface area contributed by atoms with Crippen LogP contribution in [0.5, 0.6) is 0 Å². The van der Waals surface area contributed by atoms with Crippen LogP contribution >= 0.6 is 0 Å². The summed E-state index contributed by atoms with van der Waals surface area (Å²) in [7, 11) is 0. The minimum atomic E-state index is -0.637. The number of aliphatic hydroxyl groups is 1. The maximum atomic E-state index is 10.9. The van der Waals surface area contributed by atoms with Crippen molar-refractivity contribution < 1.29 is 5.11 Å². The normalized spacial score (nSPS) is 27.9. The van der Waals surface area contributed by atoms with Crippen LogP contribution in [0, 0.1) is 11.8 Å². The number of nitrogens with one attached hydrogen (secondary N) is 1. The first-order valence-corrected chi connectivity index (χ1v) is 7.35. The number of hydrogen-bond acceptors (Lipinski definition) is 4. The van der Waals surface area contributed by atoms with Crippen molar-refractivity contribution in [2.75, 3.05) is 13.1 Å². The largest absolute Gasteiger partial charge is 0.389 e. The summed E-state index contributed by atoms with van der Waals surface area (Å²) in [6, 6.07) is 0. The molecule has 108 valence electrons. The smallest absolute Gasteiger partial charge is 0.138 e. The van der Waals surface area contributed by atoms with E-state index in [4.69, 9.17) is 0 Å². The van der Waals surface area contributed by atoms with Crippen LogP contribution in [0.4, 0.5) is 0 Å². The molecule has 1 saturated heterocycles. The Morgan fingerprint density at radius 2 is 2.37 bits per heavy atom.